The van der Waals surface area contributed by atoms with Gasteiger partial charge in [-0.3, -0.25) is 0 Å². The van der Waals surface area contributed by atoms with Crippen LogP contribution < -0.4 is 5.73 Å². The van der Waals surface area contributed by atoms with Gasteiger partial charge in [0.05, 0.1) is 5.69 Å². The van der Waals surface area contributed by atoms with Crippen LogP contribution in [0.3, 0.4) is 0 Å². The SMILES string of the molecule is Nc1c(F)cccc1C(O)c1cccc(O)c1. The molecule has 0 amide bonds. The number of nitrogens with two attached hydrogens (primary N) is 1. The summed E-state index contributed by atoms with van der Waals surface area (Å²) in [5, 5.41) is 19.4. The summed E-state index contributed by atoms with van der Waals surface area (Å²) in [5.74, 6) is -0.529. The number of benzene rings is 2. The molecule has 0 saturated carbocycles. The average molecular weight is 233 g/mol. The van der Waals surface area contributed by atoms with Gasteiger partial charge >= 0.3 is 0 Å². The van der Waals surface area contributed by atoms with Crippen molar-refractivity contribution in [2.24, 2.45) is 0 Å². The fourth-order valence-electron chi connectivity index (χ4n) is 1.67. The molecule has 17 heavy (non-hydrogen) atoms. The third kappa shape index (κ3) is 2.21. The topological polar surface area (TPSA) is 66.5 Å². The Labute approximate surface area is 97.9 Å². The highest BCUT2D eigenvalue weighted by Crippen LogP contribution is 2.29. The average Bonchev–Trinajstić information content (AvgIpc) is 2.32. The van der Waals surface area contributed by atoms with Crippen molar-refractivity contribution in [3.63, 3.8) is 0 Å². The lowest BCUT2D eigenvalue weighted by Crippen LogP contribution is -2.05. The molecule has 0 spiro atoms. The summed E-state index contributed by atoms with van der Waals surface area (Å²) in [7, 11) is 0. The van der Waals surface area contributed by atoms with Gasteiger partial charge in [0.1, 0.15) is 17.7 Å². The van der Waals surface area contributed by atoms with Crippen LogP contribution in [0.5, 0.6) is 5.75 Å². The third-order valence-corrected chi connectivity index (χ3v) is 2.57. The van der Waals surface area contributed by atoms with Crippen LogP contribution in [0, 0.1) is 5.82 Å². The van der Waals surface area contributed by atoms with Crippen LogP contribution in [0.25, 0.3) is 0 Å². The van der Waals surface area contributed by atoms with Gasteiger partial charge in [0.2, 0.25) is 0 Å². The molecule has 1 unspecified atom stereocenters. The van der Waals surface area contributed by atoms with Crippen molar-refractivity contribution >= 4 is 5.69 Å². The predicted octanol–water partition coefficient (Wildman–Crippen LogP) is 2.20. The van der Waals surface area contributed by atoms with Crippen molar-refractivity contribution in [1.82, 2.24) is 0 Å². The van der Waals surface area contributed by atoms with E-state index < -0.39 is 11.9 Å². The summed E-state index contributed by atoms with van der Waals surface area (Å²) >= 11 is 0. The molecule has 0 radical (unpaired) electrons. The zero-order valence-electron chi connectivity index (χ0n) is 8.97. The van der Waals surface area contributed by atoms with Crippen LogP contribution in [0.2, 0.25) is 0 Å². The first kappa shape index (κ1) is 11.4. The Morgan fingerprint density at radius 3 is 2.53 bits per heavy atom. The first-order valence-corrected chi connectivity index (χ1v) is 5.10. The fourth-order valence-corrected chi connectivity index (χ4v) is 1.67. The van der Waals surface area contributed by atoms with Crippen molar-refractivity contribution in [1.29, 1.82) is 0 Å². The molecule has 0 aromatic heterocycles. The first-order chi connectivity index (χ1) is 8.09. The van der Waals surface area contributed by atoms with E-state index in [1.54, 1.807) is 18.2 Å². The van der Waals surface area contributed by atoms with Crippen LogP contribution >= 0.6 is 0 Å². The molecule has 0 fully saturated rings. The molecule has 2 aromatic rings. The van der Waals surface area contributed by atoms with Gasteiger partial charge in [-0.25, -0.2) is 4.39 Å². The molecule has 0 saturated heterocycles. The molecule has 0 aliphatic rings. The zero-order chi connectivity index (χ0) is 12.4. The number of phenolic OH excluding ortho intramolecular Hbond substituents is 1. The Hall–Kier alpha value is -2.07. The van der Waals surface area contributed by atoms with E-state index in [-0.39, 0.29) is 17.0 Å². The minimum atomic E-state index is -1.06. The van der Waals surface area contributed by atoms with Crippen molar-refractivity contribution in [2.75, 3.05) is 5.73 Å². The normalized spacial score (nSPS) is 12.4. The molecule has 88 valence electrons. The van der Waals surface area contributed by atoms with Gasteiger partial charge in [0, 0.05) is 5.56 Å². The number of aliphatic hydroxyl groups is 1. The maximum Gasteiger partial charge on any atom is 0.146 e. The first-order valence-electron chi connectivity index (χ1n) is 5.10. The van der Waals surface area contributed by atoms with Crippen molar-refractivity contribution in [3.8, 4) is 5.75 Å². The van der Waals surface area contributed by atoms with Gasteiger partial charge in [-0.1, -0.05) is 24.3 Å². The number of anilines is 1. The van der Waals surface area contributed by atoms with Crippen molar-refractivity contribution in [3.05, 3.63) is 59.4 Å². The molecule has 2 aromatic carbocycles. The lowest BCUT2D eigenvalue weighted by Gasteiger charge is -2.14. The Bertz CT molecular complexity index is 543. The van der Waals surface area contributed by atoms with E-state index in [4.69, 9.17) is 5.73 Å². The van der Waals surface area contributed by atoms with E-state index in [1.165, 1.54) is 24.3 Å². The minimum Gasteiger partial charge on any atom is -0.508 e. The number of aliphatic hydroxyl groups excluding tert-OH is 1. The number of phenols is 1. The van der Waals surface area contributed by atoms with Gasteiger partial charge in [0.25, 0.3) is 0 Å². The molecule has 0 aliphatic carbocycles. The van der Waals surface area contributed by atoms with E-state index in [0.717, 1.165) is 0 Å². The van der Waals surface area contributed by atoms with Gasteiger partial charge < -0.3 is 15.9 Å². The van der Waals surface area contributed by atoms with E-state index in [0.29, 0.717) is 5.56 Å². The molecule has 0 bridgehead atoms. The molecular formula is C13H12FNO2. The van der Waals surface area contributed by atoms with Crippen LogP contribution in [-0.4, -0.2) is 10.2 Å². The van der Waals surface area contributed by atoms with Crippen LogP contribution in [0.1, 0.15) is 17.2 Å². The minimum absolute atomic E-state index is 0.0384. The molecule has 4 N–H and O–H groups in total. The molecule has 3 nitrogen and oxygen atoms in total. The lowest BCUT2D eigenvalue weighted by molar-refractivity contribution is 0.220. The maximum absolute atomic E-state index is 13.2. The zero-order valence-corrected chi connectivity index (χ0v) is 8.97. The molecule has 0 heterocycles. The van der Waals surface area contributed by atoms with E-state index in [9.17, 15) is 14.6 Å². The van der Waals surface area contributed by atoms with Crippen molar-refractivity contribution in [2.45, 2.75) is 6.10 Å². The molecule has 2 rings (SSSR count). The molecular weight excluding hydrogens is 221 g/mol. The number of halogens is 1. The van der Waals surface area contributed by atoms with Gasteiger partial charge in [0.15, 0.2) is 0 Å². The summed E-state index contributed by atoms with van der Waals surface area (Å²) in [6.07, 6.45) is -1.06. The Kier molecular flexibility index (Phi) is 2.97. The summed E-state index contributed by atoms with van der Waals surface area (Å²) in [6, 6.07) is 10.4. The summed E-state index contributed by atoms with van der Waals surface area (Å²) in [5.41, 5.74) is 6.23. The number of rotatable bonds is 2. The highest BCUT2D eigenvalue weighted by atomic mass is 19.1. The third-order valence-electron chi connectivity index (χ3n) is 2.57. The summed E-state index contributed by atoms with van der Waals surface area (Å²) in [4.78, 5) is 0. The van der Waals surface area contributed by atoms with Crippen LogP contribution in [-0.2, 0) is 0 Å². The van der Waals surface area contributed by atoms with Crippen LogP contribution in [0.15, 0.2) is 42.5 Å². The largest absolute Gasteiger partial charge is 0.508 e. The smallest absolute Gasteiger partial charge is 0.146 e. The van der Waals surface area contributed by atoms with Crippen LogP contribution in [0.4, 0.5) is 10.1 Å². The Morgan fingerprint density at radius 2 is 1.82 bits per heavy atom. The molecule has 0 aliphatic heterocycles. The van der Waals surface area contributed by atoms with E-state index >= 15 is 0 Å². The summed E-state index contributed by atoms with van der Waals surface area (Å²) < 4.78 is 13.2. The number of aromatic hydroxyl groups is 1. The maximum atomic E-state index is 13.2. The van der Waals surface area contributed by atoms with E-state index in [2.05, 4.69) is 0 Å². The molecule has 4 heteroatoms. The highest BCUT2D eigenvalue weighted by molar-refractivity contribution is 5.52. The van der Waals surface area contributed by atoms with Gasteiger partial charge in [-0.15, -0.1) is 0 Å². The standard InChI is InChI=1S/C13H12FNO2/c14-11-6-2-5-10(12(11)15)13(17)8-3-1-4-9(16)7-8/h1-7,13,16-17H,15H2. The quantitative estimate of drug-likeness (QED) is 0.696. The lowest BCUT2D eigenvalue weighted by atomic mass is 10.00. The monoisotopic (exact) mass is 233 g/mol. The second kappa shape index (κ2) is 4.43. The number of hydrogen-bond donors (Lipinski definition) is 3. The number of hydrogen-bond acceptors (Lipinski definition) is 3. The second-order valence-corrected chi connectivity index (χ2v) is 3.74. The van der Waals surface area contributed by atoms with E-state index in [1.807, 2.05) is 0 Å². The highest BCUT2D eigenvalue weighted by Gasteiger charge is 2.15. The number of nitrogen functional groups attached to an aromatic ring is 1. The van der Waals surface area contributed by atoms with Gasteiger partial charge in [-0.2, -0.15) is 0 Å². The Morgan fingerprint density at radius 1 is 1.12 bits per heavy atom. The molecule has 1 atom stereocenters. The predicted molar refractivity (Wildman–Crippen MR) is 63.0 cm³/mol. The van der Waals surface area contributed by atoms with Gasteiger partial charge in [-0.05, 0) is 23.8 Å². The fraction of sp³-hybridized carbons (Fsp3) is 0.0769. The summed E-state index contributed by atoms with van der Waals surface area (Å²) in [6.45, 7) is 0. The number of para-hydroxylation sites is 1. The van der Waals surface area contributed by atoms with Crippen molar-refractivity contribution < 1.29 is 14.6 Å². The second-order valence-electron chi connectivity index (χ2n) is 3.74. The Balaban J connectivity index is 2.44.